The topological polar surface area (TPSA) is 58.4 Å². The zero-order valence-corrected chi connectivity index (χ0v) is 10.4. The summed E-state index contributed by atoms with van der Waals surface area (Å²) < 4.78 is 13.2. The number of halogens is 1. The van der Waals surface area contributed by atoms with Crippen LogP contribution in [0.3, 0.4) is 0 Å². The van der Waals surface area contributed by atoms with Gasteiger partial charge in [0.2, 0.25) is 0 Å². The number of amides is 1. The molecule has 1 aliphatic rings. The van der Waals surface area contributed by atoms with Gasteiger partial charge in [-0.25, -0.2) is 4.39 Å². The van der Waals surface area contributed by atoms with E-state index in [0.29, 0.717) is 18.0 Å². The number of benzene rings is 1. The second-order valence-corrected chi connectivity index (χ2v) is 4.86. The van der Waals surface area contributed by atoms with E-state index in [-0.39, 0.29) is 11.6 Å². The van der Waals surface area contributed by atoms with E-state index in [1.807, 2.05) is 0 Å². The summed E-state index contributed by atoms with van der Waals surface area (Å²) in [7, 11) is 2.07. The molecule has 0 aromatic heterocycles. The van der Waals surface area contributed by atoms with Crippen molar-refractivity contribution in [2.45, 2.75) is 6.42 Å². The molecule has 0 bridgehead atoms. The maximum atomic E-state index is 13.2. The van der Waals surface area contributed by atoms with Crippen LogP contribution in [0.4, 0.5) is 10.1 Å². The number of nitrogens with two attached hydrogens (primary N) is 1. The Kier molecular flexibility index (Phi) is 3.81. The highest BCUT2D eigenvalue weighted by atomic mass is 19.1. The highest BCUT2D eigenvalue weighted by molar-refractivity contribution is 5.94. The molecule has 1 saturated heterocycles. The van der Waals surface area contributed by atoms with Crippen molar-refractivity contribution < 1.29 is 9.18 Å². The Bertz CT molecular complexity index is 450. The Balaban J connectivity index is 1.89. The molecule has 1 fully saturated rings. The summed E-state index contributed by atoms with van der Waals surface area (Å²) >= 11 is 0. The van der Waals surface area contributed by atoms with Crippen molar-refractivity contribution in [3.8, 4) is 0 Å². The fraction of sp³-hybridized carbons (Fsp3) is 0.462. The lowest BCUT2D eigenvalue weighted by atomic mass is 10.1. The number of nitrogens with zero attached hydrogens (tertiary/aromatic N) is 1. The molecule has 0 aliphatic carbocycles. The molecule has 5 heteroatoms. The van der Waals surface area contributed by atoms with Crippen LogP contribution in [0.25, 0.3) is 0 Å². The molecule has 1 aromatic carbocycles. The van der Waals surface area contributed by atoms with Crippen molar-refractivity contribution in [3.63, 3.8) is 0 Å². The average Bonchev–Trinajstić information content (AvgIpc) is 2.75. The van der Waals surface area contributed by atoms with Gasteiger partial charge in [0.15, 0.2) is 0 Å². The van der Waals surface area contributed by atoms with E-state index in [4.69, 9.17) is 5.73 Å². The standard InChI is InChI=1S/C13H18FN3O/c1-17-5-4-9(8-17)7-16-13(18)10-2-3-12(15)11(14)6-10/h2-3,6,9H,4-5,7-8,15H2,1H3,(H,16,18). The number of hydrogen-bond acceptors (Lipinski definition) is 3. The van der Waals surface area contributed by atoms with Crippen molar-refractivity contribution >= 4 is 11.6 Å². The minimum absolute atomic E-state index is 0.0592. The predicted octanol–water partition coefficient (Wildman–Crippen LogP) is 1.09. The first-order valence-electron chi connectivity index (χ1n) is 6.08. The summed E-state index contributed by atoms with van der Waals surface area (Å²) in [4.78, 5) is 14.1. The molecule has 0 spiro atoms. The summed E-state index contributed by atoms with van der Waals surface area (Å²) in [6.45, 7) is 2.70. The fourth-order valence-corrected chi connectivity index (χ4v) is 2.20. The number of nitrogen functional groups attached to an aromatic ring is 1. The van der Waals surface area contributed by atoms with Crippen LogP contribution in [-0.4, -0.2) is 37.5 Å². The van der Waals surface area contributed by atoms with E-state index in [9.17, 15) is 9.18 Å². The van der Waals surface area contributed by atoms with Gasteiger partial charge in [0.25, 0.3) is 5.91 Å². The van der Waals surface area contributed by atoms with E-state index < -0.39 is 5.82 Å². The van der Waals surface area contributed by atoms with Crippen molar-refractivity contribution in [2.75, 3.05) is 32.4 Å². The Morgan fingerprint density at radius 2 is 2.39 bits per heavy atom. The second-order valence-electron chi connectivity index (χ2n) is 4.86. The van der Waals surface area contributed by atoms with Gasteiger partial charge >= 0.3 is 0 Å². The Morgan fingerprint density at radius 1 is 1.61 bits per heavy atom. The highest BCUT2D eigenvalue weighted by Gasteiger charge is 2.20. The van der Waals surface area contributed by atoms with Gasteiger partial charge in [0, 0.05) is 18.7 Å². The average molecular weight is 251 g/mol. The summed E-state index contributed by atoms with van der Waals surface area (Å²) in [6.07, 6.45) is 1.09. The minimum atomic E-state index is -0.553. The molecule has 2 rings (SSSR count). The molecule has 3 N–H and O–H groups in total. The van der Waals surface area contributed by atoms with Gasteiger partial charge in [0.1, 0.15) is 5.82 Å². The normalized spacial score (nSPS) is 20.0. The van der Waals surface area contributed by atoms with Crippen LogP contribution in [0.15, 0.2) is 18.2 Å². The maximum Gasteiger partial charge on any atom is 0.251 e. The zero-order valence-electron chi connectivity index (χ0n) is 10.4. The number of rotatable bonds is 3. The first-order chi connectivity index (χ1) is 8.56. The third-order valence-corrected chi connectivity index (χ3v) is 3.30. The molecule has 1 atom stereocenters. The van der Waals surface area contributed by atoms with Gasteiger partial charge < -0.3 is 16.0 Å². The van der Waals surface area contributed by atoms with Gasteiger partial charge in [-0.15, -0.1) is 0 Å². The van der Waals surface area contributed by atoms with Crippen LogP contribution >= 0.6 is 0 Å². The monoisotopic (exact) mass is 251 g/mol. The minimum Gasteiger partial charge on any atom is -0.396 e. The molecular formula is C13H18FN3O. The van der Waals surface area contributed by atoms with Gasteiger partial charge in [-0.3, -0.25) is 4.79 Å². The number of carbonyl (C=O) groups is 1. The third-order valence-electron chi connectivity index (χ3n) is 3.30. The van der Waals surface area contributed by atoms with Gasteiger partial charge in [-0.2, -0.15) is 0 Å². The lowest BCUT2D eigenvalue weighted by molar-refractivity contribution is 0.0947. The second kappa shape index (κ2) is 5.35. The van der Waals surface area contributed by atoms with Crippen LogP contribution in [0, 0.1) is 11.7 Å². The van der Waals surface area contributed by atoms with Crippen LogP contribution in [-0.2, 0) is 0 Å². The van der Waals surface area contributed by atoms with Crippen molar-refractivity contribution in [3.05, 3.63) is 29.6 Å². The van der Waals surface area contributed by atoms with Gasteiger partial charge in [-0.1, -0.05) is 0 Å². The lowest BCUT2D eigenvalue weighted by Gasteiger charge is -2.11. The number of anilines is 1. The van der Waals surface area contributed by atoms with Gasteiger partial charge in [0.05, 0.1) is 5.69 Å². The van der Waals surface area contributed by atoms with Crippen LogP contribution in [0.1, 0.15) is 16.8 Å². The molecule has 1 heterocycles. The first kappa shape index (κ1) is 12.8. The molecule has 98 valence electrons. The molecular weight excluding hydrogens is 233 g/mol. The molecule has 0 radical (unpaired) electrons. The lowest BCUT2D eigenvalue weighted by Crippen LogP contribution is -2.30. The van der Waals surface area contributed by atoms with Crippen molar-refractivity contribution in [2.24, 2.45) is 5.92 Å². The van der Waals surface area contributed by atoms with E-state index in [0.717, 1.165) is 19.5 Å². The number of hydrogen-bond donors (Lipinski definition) is 2. The summed E-state index contributed by atoms with van der Waals surface area (Å²) in [5.74, 6) is -0.315. The molecule has 0 saturated carbocycles. The summed E-state index contributed by atoms with van der Waals surface area (Å²) in [6, 6.07) is 4.12. The number of carbonyl (C=O) groups excluding carboxylic acids is 1. The van der Waals surface area contributed by atoms with E-state index in [1.165, 1.54) is 18.2 Å². The molecule has 1 aromatic rings. The van der Waals surface area contributed by atoms with Crippen LogP contribution in [0.2, 0.25) is 0 Å². The zero-order chi connectivity index (χ0) is 13.1. The quantitative estimate of drug-likeness (QED) is 0.791. The number of likely N-dealkylation sites (tertiary alicyclic amines) is 1. The Morgan fingerprint density at radius 3 is 3.00 bits per heavy atom. The summed E-state index contributed by atoms with van der Waals surface area (Å²) in [5.41, 5.74) is 5.74. The van der Waals surface area contributed by atoms with E-state index in [1.54, 1.807) is 0 Å². The molecule has 1 aliphatic heterocycles. The highest BCUT2D eigenvalue weighted by Crippen LogP contribution is 2.14. The van der Waals surface area contributed by atoms with E-state index in [2.05, 4.69) is 17.3 Å². The maximum absolute atomic E-state index is 13.2. The predicted molar refractivity (Wildman–Crippen MR) is 68.7 cm³/mol. The van der Waals surface area contributed by atoms with Crippen LogP contribution in [0.5, 0.6) is 0 Å². The molecule has 1 unspecified atom stereocenters. The fourth-order valence-electron chi connectivity index (χ4n) is 2.20. The first-order valence-corrected chi connectivity index (χ1v) is 6.08. The number of nitrogens with one attached hydrogen (secondary N) is 1. The largest absolute Gasteiger partial charge is 0.396 e. The van der Waals surface area contributed by atoms with Crippen molar-refractivity contribution in [1.29, 1.82) is 0 Å². The molecule has 1 amide bonds. The SMILES string of the molecule is CN1CCC(CNC(=O)c2ccc(N)c(F)c2)C1. The molecule has 18 heavy (non-hydrogen) atoms. The smallest absolute Gasteiger partial charge is 0.251 e. The summed E-state index contributed by atoms with van der Waals surface area (Å²) in [5, 5.41) is 2.84. The van der Waals surface area contributed by atoms with Crippen molar-refractivity contribution in [1.82, 2.24) is 10.2 Å². The van der Waals surface area contributed by atoms with E-state index >= 15 is 0 Å². The van der Waals surface area contributed by atoms with Crippen LogP contribution < -0.4 is 11.1 Å². The Hall–Kier alpha value is -1.62. The van der Waals surface area contributed by atoms with Gasteiger partial charge in [-0.05, 0) is 44.1 Å². The molecule has 4 nitrogen and oxygen atoms in total. The third kappa shape index (κ3) is 2.98. The Labute approximate surface area is 106 Å².